The van der Waals surface area contributed by atoms with Crippen molar-refractivity contribution in [2.45, 2.75) is 18.9 Å². The van der Waals surface area contributed by atoms with E-state index in [2.05, 4.69) is 10.1 Å². The minimum atomic E-state index is -3.15. The molecule has 0 aliphatic carbocycles. The van der Waals surface area contributed by atoms with E-state index in [4.69, 9.17) is 9.57 Å². The van der Waals surface area contributed by atoms with Crippen LogP contribution in [0.5, 0.6) is 5.75 Å². The Labute approximate surface area is 226 Å². The van der Waals surface area contributed by atoms with Crippen molar-refractivity contribution in [1.29, 1.82) is 0 Å². The highest BCUT2D eigenvalue weighted by Gasteiger charge is 2.57. The van der Waals surface area contributed by atoms with E-state index in [-0.39, 0.29) is 30.5 Å². The molecule has 2 fully saturated rings. The van der Waals surface area contributed by atoms with Crippen LogP contribution in [0.4, 0.5) is 4.39 Å². The summed E-state index contributed by atoms with van der Waals surface area (Å²) in [5.41, 5.74) is 2.45. The summed E-state index contributed by atoms with van der Waals surface area (Å²) in [6.07, 6.45) is 6.09. The second-order valence-electron chi connectivity index (χ2n) is 10.7. The number of methoxy groups -OCH3 is 1. The highest BCUT2D eigenvalue weighted by Crippen LogP contribution is 2.48. The van der Waals surface area contributed by atoms with E-state index in [9.17, 15) is 17.9 Å². The Morgan fingerprint density at radius 3 is 2.62 bits per heavy atom. The lowest BCUT2D eigenvalue weighted by Gasteiger charge is -2.56. The first kappa shape index (κ1) is 25.6. The molecule has 3 aliphatic rings. The number of amidine groups is 1. The van der Waals surface area contributed by atoms with Crippen LogP contribution >= 0.6 is 0 Å². The fraction of sp³-hybridized carbons (Fsp3) is 0.357. The van der Waals surface area contributed by atoms with E-state index in [0.29, 0.717) is 30.1 Å². The summed E-state index contributed by atoms with van der Waals surface area (Å²) >= 11 is 0. The summed E-state index contributed by atoms with van der Waals surface area (Å²) < 4.78 is 46.1. The van der Waals surface area contributed by atoms with E-state index in [1.165, 1.54) is 12.1 Å². The zero-order valence-electron chi connectivity index (χ0n) is 21.7. The van der Waals surface area contributed by atoms with Crippen molar-refractivity contribution in [2.24, 2.45) is 10.6 Å². The van der Waals surface area contributed by atoms with Gasteiger partial charge >= 0.3 is 0 Å². The van der Waals surface area contributed by atoms with Crippen molar-refractivity contribution in [3.63, 3.8) is 0 Å². The number of imidazole rings is 1. The number of nitrogens with zero attached hydrogens (tertiary/aromatic N) is 4. The number of fused-ring (bicyclic) bond motifs is 1. The van der Waals surface area contributed by atoms with Crippen LogP contribution in [0.1, 0.15) is 23.2 Å². The lowest BCUT2D eigenvalue weighted by molar-refractivity contribution is -0.0517. The second-order valence-corrected chi connectivity index (χ2v) is 12.8. The third kappa shape index (κ3) is 4.39. The zero-order valence-corrected chi connectivity index (χ0v) is 22.5. The van der Waals surface area contributed by atoms with Crippen molar-refractivity contribution >= 4 is 21.7 Å². The van der Waals surface area contributed by atoms with Crippen LogP contribution in [0.3, 0.4) is 0 Å². The van der Waals surface area contributed by atoms with Gasteiger partial charge in [0.05, 0.1) is 42.9 Å². The summed E-state index contributed by atoms with van der Waals surface area (Å²) in [5, 5.41) is 15.1. The molecule has 39 heavy (non-hydrogen) atoms. The fourth-order valence-corrected chi connectivity index (χ4v) is 8.20. The first-order valence-electron chi connectivity index (χ1n) is 12.6. The average Bonchev–Trinajstić information content (AvgIpc) is 3.33. The van der Waals surface area contributed by atoms with Crippen LogP contribution in [0.2, 0.25) is 0 Å². The Kier molecular flexibility index (Phi) is 6.03. The van der Waals surface area contributed by atoms with Crippen LogP contribution in [0, 0.1) is 18.2 Å². The number of benzene rings is 2. The first-order valence-corrected chi connectivity index (χ1v) is 14.4. The smallest absolute Gasteiger partial charge is 0.172 e. The second kappa shape index (κ2) is 9.20. The van der Waals surface area contributed by atoms with Gasteiger partial charge in [-0.3, -0.25) is 0 Å². The minimum Gasteiger partial charge on any atom is -0.495 e. The zero-order chi connectivity index (χ0) is 27.4. The van der Waals surface area contributed by atoms with Crippen molar-refractivity contribution in [3.05, 3.63) is 83.2 Å². The summed E-state index contributed by atoms with van der Waals surface area (Å²) in [5.74, 6) is 0.891. The average molecular weight is 553 g/mol. The number of piperidine rings is 1. The van der Waals surface area contributed by atoms with Gasteiger partial charge in [0.1, 0.15) is 23.7 Å². The molecule has 204 valence electrons. The Balaban J connectivity index is 1.44. The van der Waals surface area contributed by atoms with Gasteiger partial charge in [-0.15, -0.1) is 0 Å². The number of ether oxygens (including phenoxy) is 1. The largest absolute Gasteiger partial charge is 0.495 e. The highest BCUT2D eigenvalue weighted by atomic mass is 32.2. The number of aliphatic hydroxyl groups is 1. The SMILES string of the molecule is COc1cc(/C=C2\CC3(CN4C2=NOCC4(CO)c2ccc(F)cc2)CS(=O)(=O)C3)ccc1-n1cnc(C)c1. The summed E-state index contributed by atoms with van der Waals surface area (Å²) in [6.45, 7) is 2.02. The molecule has 1 unspecified atom stereocenters. The normalized spacial score (nSPS) is 24.1. The van der Waals surface area contributed by atoms with Gasteiger partial charge < -0.3 is 24.1 Å². The third-order valence-corrected chi connectivity index (χ3v) is 9.91. The lowest BCUT2D eigenvalue weighted by Crippen LogP contribution is -2.67. The number of hydrogen-bond donors (Lipinski definition) is 1. The van der Waals surface area contributed by atoms with Gasteiger partial charge in [-0.25, -0.2) is 17.8 Å². The Bertz CT molecular complexity index is 1590. The molecule has 3 aromatic rings. The molecule has 1 N–H and O–H groups in total. The monoisotopic (exact) mass is 552 g/mol. The Morgan fingerprint density at radius 1 is 1.21 bits per heavy atom. The van der Waals surface area contributed by atoms with Crippen molar-refractivity contribution in [1.82, 2.24) is 14.5 Å². The molecule has 11 heteroatoms. The quantitative estimate of drug-likeness (QED) is 0.519. The van der Waals surface area contributed by atoms with Crippen molar-refractivity contribution in [2.75, 3.05) is 38.4 Å². The maximum absolute atomic E-state index is 13.8. The first-order chi connectivity index (χ1) is 18.7. The summed E-state index contributed by atoms with van der Waals surface area (Å²) in [7, 11) is -1.54. The third-order valence-electron chi connectivity index (χ3n) is 7.80. The minimum absolute atomic E-state index is 0.0432. The molecule has 1 aromatic heterocycles. The van der Waals surface area contributed by atoms with Crippen LogP contribution in [0.25, 0.3) is 11.8 Å². The van der Waals surface area contributed by atoms with Gasteiger partial charge in [-0.1, -0.05) is 23.4 Å². The molecule has 0 bridgehead atoms. The number of aliphatic hydroxyl groups excluding tert-OH is 1. The number of aromatic nitrogens is 2. The molecule has 3 aliphatic heterocycles. The molecular weight excluding hydrogens is 523 g/mol. The molecular formula is C28H29FN4O5S. The summed E-state index contributed by atoms with van der Waals surface area (Å²) in [6, 6.07) is 11.7. The predicted molar refractivity (Wildman–Crippen MR) is 144 cm³/mol. The predicted octanol–water partition coefficient (Wildman–Crippen LogP) is 3.06. The Morgan fingerprint density at radius 2 is 1.97 bits per heavy atom. The van der Waals surface area contributed by atoms with E-state index >= 15 is 0 Å². The molecule has 2 aromatic carbocycles. The van der Waals surface area contributed by atoms with Crippen LogP contribution in [-0.2, 0) is 20.2 Å². The van der Waals surface area contributed by atoms with E-state index in [1.54, 1.807) is 25.6 Å². The number of halogens is 1. The fourth-order valence-electron chi connectivity index (χ4n) is 6.04. The van der Waals surface area contributed by atoms with E-state index < -0.39 is 20.8 Å². The van der Waals surface area contributed by atoms with Crippen molar-refractivity contribution < 1.29 is 27.5 Å². The van der Waals surface area contributed by atoms with Gasteiger partial charge in [-0.2, -0.15) is 0 Å². The van der Waals surface area contributed by atoms with Crippen LogP contribution in [0.15, 0.2) is 65.7 Å². The molecule has 0 amide bonds. The molecule has 1 atom stereocenters. The van der Waals surface area contributed by atoms with Crippen LogP contribution in [-0.4, -0.2) is 72.2 Å². The number of aryl methyl sites for hydroxylation is 1. The molecule has 1 spiro atoms. The molecule has 0 saturated carbocycles. The topological polar surface area (TPSA) is 106 Å². The van der Waals surface area contributed by atoms with E-state index in [0.717, 1.165) is 22.5 Å². The molecule has 4 heterocycles. The van der Waals surface area contributed by atoms with Crippen LogP contribution < -0.4 is 4.74 Å². The van der Waals surface area contributed by atoms with E-state index in [1.807, 2.05) is 46.9 Å². The van der Waals surface area contributed by atoms with Gasteiger partial charge in [0.25, 0.3) is 0 Å². The standard InChI is InChI=1S/C28H29FN4O5S/c1-19-12-32(18-30-19)24-8-3-20(10-25(24)37-2)9-21-11-27(16-39(35,36)17-27)13-33-26(21)31-38-15-28(33,14-34)22-4-6-23(29)7-5-22/h3-10,12,18,34H,11,13-17H2,1-2H3/b21-9+. The maximum Gasteiger partial charge on any atom is 0.172 e. The maximum atomic E-state index is 13.8. The molecule has 2 saturated heterocycles. The molecule has 9 nitrogen and oxygen atoms in total. The van der Waals surface area contributed by atoms with Gasteiger partial charge in [0, 0.05) is 18.2 Å². The lowest BCUT2D eigenvalue weighted by atomic mass is 9.75. The number of oxime groups is 1. The molecule has 6 rings (SSSR count). The van der Waals surface area contributed by atoms with Gasteiger partial charge in [0.15, 0.2) is 15.7 Å². The summed E-state index contributed by atoms with van der Waals surface area (Å²) in [4.78, 5) is 11.9. The number of rotatable bonds is 5. The van der Waals surface area contributed by atoms with Gasteiger partial charge in [0.2, 0.25) is 0 Å². The number of hydrogen-bond acceptors (Lipinski definition) is 8. The Hall–Kier alpha value is -3.70. The van der Waals surface area contributed by atoms with Crippen molar-refractivity contribution in [3.8, 4) is 11.4 Å². The molecule has 0 radical (unpaired) electrons. The number of sulfone groups is 1. The highest BCUT2D eigenvalue weighted by molar-refractivity contribution is 7.92. The van der Waals surface area contributed by atoms with Gasteiger partial charge in [-0.05, 0) is 60.4 Å².